The van der Waals surface area contributed by atoms with Crippen molar-refractivity contribution in [1.29, 1.82) is 0 Å². The Morgan fingerprint density at radius 1 is 1.57 bits per heavy atom. The minimum atomic E-state index is -1.62. The van der Waals surface area contributed by atoms with Gasteiger partial charge in [0.15, 0.2) is 0 Å². The second-order valence-electron chi connectivity index (χ2n) is 5.27. The zero-order chi connectivity index (χ0) is 16.2. The van der Waals surface area contributed by atoms with Crippen molar-refractivity contribution < 1.29 is 34.8 Å². The van der Waals surface area contributed by atoms with Gasteiger partial charge in [0.1, 0.15) is 11.8 Å². The Kier molecular flexibility index (Phi) is 5.70. The molecule has 4 atom stereocenters. The third kappa shape index (κ3) is 4.42. The third-order valence-electron chi connectivity index (χ3n) is 3.25. The van der Waals surface area contributed by atoms with E-state index in [1.807, 2.05) is 0 Å². The Hall–Kier alpha value is -1.64. The summed E-state index contributed by atoms with van der Waals surface area (Å²) in [5, 5.41) is 39.9. The number of carbonyl (C=O) groups excluding carboxylic acids is 1. The summed E-state index contributed by atoms with van der Waals surface area (Å²) in [6.07, 6.45) is -0.988. The molecule has 0 aromatic heterocycles. The number of ether oxygens (including phenoxy) is 1. The first-order chi connectivity index (χ1) is 9.69. The van der Waals surface area contributed by atoms with Gasteiger partial charge in [-0.05, 0) is 19.4 Å². The molecule has 0 bridgehead atoms. The van der Waals surface area contributed by atoms with Crippen LogP contribution in [0.25, 0.3) is 0 Å². The van der Waals surface area contributed by atoms with Crippen LogP contribution in [-0.4, -0.2) is 62.8 Å². The SMILES string of the molecule is CC(=O)NC1/C(=C/CC(O)CO)OC(C)(C(=O)O)CC1O. The molecule has 5 N–H and O–H groups in total. The molecule has 1 aliphatic rings. The van der Waals surface area contributed by atoms with Gasteiger partial charge in [-0.1, -0.05) is 0 Å². The molecule has 8 heteroatoms. The van der Waals surface area contributed by atoms with Crippen LogP contribution in [0.2, 0.25) is 0 Å². The molecule has 0 aromatic carbocycles. The van der Waals surface area contributed by atoms with Gasteiger partial charge in [0.25, 0.3) is 0 Å². The number of hydrogen-bond acceptors (Lipinski definition) is 6. The van der Waals surface area contributed by atoms with Crippen LogP contribution < -0.4 is 5.32 Å². The van der Waals surface area contributed by atoms with Gasteiger partial charge in [-0.2, -0.15) is 0 Å². The van der Waals surface area contributed by atoms with Crippen LogP contribution in [0, 0.1) is 0 Å². The maximum Gasteiger partial charge on any atom is 0.347 e. The molecule has 1 fully saturated rings. The van der Waals surface area contributed by atoms with E-state index in [1.165, 1.54) is 19.9 Å². The monoisotopic (exact) mass is 303 g/mol. The fourth-order valence-electron chi connectivity index (χ4n) is 2.08. The lowest BCUT2D eigenvalue weighted by molar-refractivity contribution is -0.170. The van der Waals surface area contributed by atoms with Crippen LogP contribution >= 0.6 is 0 Å². The molecule has 1 amide bonds. The molecule has 0 saturated carbocycles. The molecule has 0 aromatic rings. The number of hydrogen-bond donors (Lipinski definition) is 5. The van der Waals surface area contributed by atoms with Gasteiger partial charge in [-0.3, -0.25) is 4.79 Å². The maximum atomic E-state index is 11.3. The quantitative estimate of drug-likeness (QED) is 0.427. The number of aliphatic hydroxyl groups excluding tert-OH is 3. The second kappa shape index (κ2) is 6.88. The summed E-state index contributed by atoms with van der Waals surface area (Å²) in [5.41, 5.74) is -1.62. The largest absolute Gasteiger partial charge is 0.478 e. The third-order valence-corrected chi connectivity index (χ3v) is 3.25. The molecule has 1 heterocycles. The number of carbonyl (C=O) groups is 2. The van der Waals surface area contributed by atoms with E-state index in [2.05, 4.69) is 5.32 Å². The minimum Gasteiger partial charge on any atom is -0.478 e. The van der Waals surface area contributed by atoms with Gasteiger partial charge in [-0.15, -0.1) is 0 Å². The van der Waals surface area contributed by atoms with Crippen LogP contribution in [0.15, 0.2) is 11.8 Å². The molecule has 8 nitrogen and oxygen atoms in total. The van der Waals surface area contributed by atoms with E-state index in [9.17, 15) is 24.9 Å². The van der Waals surface area contributed by atoms with Crippen molar-refractivity contribution in [2.24, 2.45) is 0 Å². The van der Waals surface area contributed by atoms with Crippen molar-refractivity contribution in [3.8, 4) is 0 Å². The molecule has 120 valence electrons. The van der Waals surface area contributed by atoms with Crippen molar-refractivity contribution in [1.82, 2.24) is 5.32 Å². The van der Waals surface area contributed by atoms with Crippen molar-refractivity contribution in [3.63, 3.8) is 0 Å². The highest BCUT2D eigenvalue weighted by molar-refractivity contribution is 5.78. The van der Waals surface area contributed by atoms with Crippen molar-refractivity contribution >= 4 is 11.9 Å². The van der Waals surface area contributed by atoms with E-state index in [1.54, 1.807) is 0 Å². The molecule has 0 aliphatic carbocycles. The highest BCUT2D eigenvalue weighted by Gasteiger charge is 2.47. The molecule has 4 unspecified atom stereocenters. The van der Waals surface area contributed by atoms with Gasteiger partial charge >= 0.3 is 5.97 Å². The maximum absolute atomic E-state index is 11.3. The Bertz CT molecular complexity index is 436. The van der Waals surface area contributed by atoms with E-state index in [0.717, 1.165) is 0 Å². The highest BCUT2D eigenvalue weighted by Crippen LogP contribution is 2.32. The molecular formula is C13H21NO7. The zero-order valence-corrected chi connectivity index (χ0v) is 11.9. The van der Waals surface area contributed by atoms with E-state index >= 15 is 0 Å². The van der Waals surface area contributed by atoms with Gasteiger partial charge in [-0.25, -0.2) is 4.79 Å². The number of aliphatic hydroxyl groups is 3. The Morgan fingerprint density at radius 2 is 2.19 bits per heavy atom. The Labute approximate surface area is 122 Å². The lowest BCUT2D eigenvalue weighted by atomic mass is 9.89. The zero-order valence-electron chi connectivity index (χ0n) is 11.9. The number of rotatable bonds is 5. The van der Waals surface area contributed by atoms with Crippen LogP contribution in [0.5, 0.6) is 0 Å². The first kappa shape index (κ1) is 17.4. The fraction of sp³-hybridized carbons (Fsp3) is 0.692. The normalized spacial score (nSPS) is 32.3. The highest BCUT2D eigenvalue weighted by atomic mass is 16.5. The van der Waals surface area contributed by atoms with Crippen LogP contribution in [0.1, 0.15) is 26.7 Å². The van der Waals surface area contributed by atoms with Crippen LogP contribution in [0.3, 0.4) is 0 Å². The molecular weight excluding hydrogens is 282 g/mol. The number of aliphatic carboxylic acids is 1. The van der Waals surface area contributed by atoms with Gasteiger partial charge in [0.2, 0.25) is 11.5 Å². The number of nitrogens with one attached hydrogen (secondary N) is 1. The van der Waals surface area contributed by atoms with Gasteiger partial charge < -0.3 is 30.5 Å². The summed E-state index contributed by atoms with van der Waals surface area (Å²) in [6, 6.07) is -0.888. The molecule has 1 aliphatic heterocycles. The molecule has 1 saturated heterocycles. The molecule has 1 rings (SSSR count). The summed E-state index contributed by atoms with van der Waals surface area (Å²) in [4.78, 5) is 22.4. The van der Waals surface area contributed by atoms with E-state index in [0.29, 0.717) is 0 Å². The minimum absolute atomic E-state index is 0.00430. The van der Waals surface area contributed by atoms with Crippen molar-refractivity contribution in [2.75, 3.05) is 6.61 Å². The molecule has 0 spiro atoms. The van der Waals surface area contributed by atoms with Gasteiger partial charge in [0.05, 0.1) is 18.8 Å². The van der Waals surface area contributed by atoms with Crippen LogP contribution in [-0.2, 0) is 14.3 Å². The number of amides is 1. The molecule has 21 heavy (non-hydrogen) atoms. The average Bonchev–Trinajstić information content (AvgIpc) is 2.39. The van der Waals surface area contributed by atoms with Gasteiger partial charge in [0, 0.05) is 13.3 Å². The van der Waals surface area contributed by atoms with E-state index in [-0.39, 0.29) is 18.6 Å². The molecule has 0 radical (unpaired) electrons. The second-order valence-corrected chi connectivity index (χ2v) is 5.27. The van der Waals surface area contributed by atoms with E-state index in [4.69, 9.17) is 9.84 Å². The smallest absolute Gasteiger partial charge is 0.347 e. The van der Waals surface area contributed by atoms with Crippen molar-refractivity contribution in [3.05, 3.63) is 11.8 Å². The van der Waals surface area contributed by atoms with E-state index < -0.39 is 42.3 Å². The Morgan fingerprint density at radius 3 is 2.67 bits per heavy atom. The lowest BCUT2D eigenvalue weighted by Gasteiger charge is -2.40. The summed E-state index contributed by atoms with van der Waals surface area (Å²) in [5.74, 6) is -1.59. The summed E-state index contributed by atoms with van der Waals surface area (Å²) >= 11 is 0. The lowest BCUT2D eigenvalue weighted by Crippen LogP contribution is -2.56. The first-order valence-corrected chi connectivity index (χ1v) is 6.56. The predicted octanol–water partition coefficient (Wildman–Crippen LogP) is -1.26. The fourth-order valence-corrected chi connectivity index (χ4v) is 2.08. The van der Waals surface area contributed by atoms with Crippen LogP contribution in [0.4, 0.5) is 0 Å². The van der Waals surface area contributed by atoms with Crippen molar-refractivity contribution in [2.45, 2.75) is 50.5 Å². The number of carboxylic acids is 1. The summed E-state index contributed by atoms with van der Waals surface area (Å²) < 4.78 is 5.41. The summed E-state index contributed by atoms with van der Waals surface area (Å²) in [7, 11) is 0. The summed E-state index contributed by atoms with van der Waals surface area (Å²) in [6.45, 7) is 2.12. The first-order valence-electron chi connectivity index (χ1n) is 6.56. The topological polar surface area (TPSA) is 136 Å². The predicted molar refractivity (Wildman–Crippen MR) is 71.1 cm³/mol. The Balaban J connectivity index is 3.02. The standard InChI is InChI=1S/C13H21NO7/c1-7(16)14-11-9(18)5-13(2,12(19)20)21-10(11)4-3-8(17)6-15/h4,8-9,11,15,17-18H,3,5-6H2,1-2H3,(H,14,16)(H,19,20)/b10-4-. The average molecular weight is 303 g/mol. The number of carboxylic acid groups (broad SMARTS) is 1.